The van der Waals surface area contributed by atoms with Crippen LogP contribution < -0.4 is 10.6 Å². The fourth-order valence-electron chi connectivity index (χ4n) is 7.96. The molecule has 0 radical (unpaired) electrons. The first-order valence-corrected chi connectivity index (χ1v) is 17.7. The standard InChI is InChI=1S/C36H52N2O11/c1-7-44-32(43)28(19-23-9-11-24(39)12-10-23)38-31(42)27(18-20(2)3)37-29(40)14-15-30(41)45-33-22(5)26-13-8-21(4)25-16-17-35(6)47-34(46-33)36(25,26)49-48-35/h9-12,20-22,25-28,33-34,39H,7-8,13-19H2,1-6H3,(H,37,40)(H,38,42)/t21-,22+,25+,26+,27+,28+,33-,34+,35-,36-/m1/s1. The zero-order valence-corrected chi connectivity index (χ0v) is 29.4. The molecule has 4 aliphatic heterocycles. The van der Waals surface area contributed by atoms with Crippen LogP contribution in [0.15, 0.2) is 24.3 Å². The number of carbonyl (C=O) groups is 4. The van der Waals surface area contributed by atoms with Gasteiger partial charge in [0, 0.05) is 31.1 Å². The second kappa shape index (κ2) is 15.3. The van der Waals surface area contributed by atoms with Gasteiger partial charge >= 0.3 is 11.9 Å². The van der Waals surface area contributed by atoms with Gasteiger partial charge in [-0.25, -0.2) is 14.6 Å². The second-order valence-corrected chi connectivity index (χ2v) is 14.7. The van der Waals surface area contributed by atoms with Gasteiger partial charge in [-0.3, -0.25) is 14.4 Å². The van der Waals surface area contributed by atoms with E-state index in [-0.39, 0.29) is 55.3 Å². The molecule has 0 unspecified atom stereocenters. The maximum Gasteiger partial charge on any atom is 0.328 e. The molecule has 4 saturated heterocycles. The Morgan fingerprint density at radius 1 is 0.980 bits per heavy atom. The zero-order valence-electron chi connectivity index (χ0n) is 29.4. The normalized spacial score (nSPS) is 33.0. The summed E-state index contributed by atoms with van der Waals surface area (Å²) in [7, 11) is 0. The van der Waals surface area contributed by atoms with E-state index in [0.717, 1.165) is 19.3 Å². The van der Waals surface area contributed by atoms with Crippen LogP contribution in [-0.4, -0.2) is 71.5 Å². The predicted molar refractivity (Wildman–Crippen MR) is 174 cm³/mol. The first-order valence-electron chi connectivity index (χ1n) is 17.7. The number of nitrogens with one attached hydrogen (secondary N) is 2. The molecular weight excluding hydrogens is 636 g/mol. The molecule has 2 amide bonds. The molecule has 1 saturated carbocycles. The van der Waals surface area contributed by atoms with E-state index in [1.807, 2.05) is 27.7 Å². The van der Waals surface area contributed by atoms with E-state index < -0.39 is 59.8 Å². The summed E-state index contributed by atoms with van der Waals surface area (Å²) in [6.45, 7) is 11.7. The number of benzene rings is 1. The smallest absolute Gasteiger partial charge is 0.328 e. The lowest BCUT2D eigenvalue weighted by Gasteiger charge is -2.59. The van der Waals surface area contributed by atoms with Crippen molar-refractivity contribution in [2.24, 2.45) is 29.6 Å². The summed E-state index contributed by atoms with van der Waals surface area (Å²) in [5.74, 6) is -2.74. The maximum atomic E-state index is 13.4. The van der Waals surface area contributed by atoms with Crippen molar-refractivity contribution >= 4 is 23.8 Å². The number of phenolic OH excluding ortho intramolecular Hbond substituents is 1. The summed E-state index contributed by atoms with van der Waals surface area (Å²) in [5, 5.41) is 15.1. The molecule has 1 aromatic rings. The van der Waals surface area contributed by atoms with Crippen LogP contribution in [0.3, 0.4) is 0 Å². The Hall–Kier alpha value is -3.26. The Bertz CT molecular complexity index is 1350. The average molecular weight is 689 g/mol. The van der Waals surface area contributed by atoms with Crippen LogP contribution in [0.5, 0.6) is 5.75 Å². The van der Waals surface area contributed by atoms with Gasteiger partial charge in [-0.05, 0) is 75.0 Å². The Balaban J connectivity index is 1.18. The highest BCUT2D eigenvalue weighted by Gasteiger charge is 2.69. The highest BCUT2D eigenvalue weighted by atomic mass is 17.3. The van der Waals surface area contributed by atoms with Gasteiger partial charge in [0.05, 0.1) is 13.0 Å². The van der Waals surface area contributed by atoms with E-state index >= 15 is 0 Å². The molecule has 4 heterocycles. The third kappa shape index (κ3) is 8.22. The van der Waals surface area contributed by atoms with Gasteiger partial charge in [-0.2, -0.15) is 0 Å². The fourth-order valence-corrected chi connectivity index (χ4v) is 7.96. The number of rotatable bonds is 13. The number of hydrogen-bond acceptors (Lipinski definition) is 11. The molecule has 0 aromatic heterocycles. The molecule has 272 valence electrons. The number of esters is 2. The quantitative estimate of drug-likeness (QED) is 0.202. The van der Waals surface area contributed by atoms with Crippen LogP contribution in [0.2, 0.25) is 0 Å². The first-order chi connectivity index (χ1) is 23.2. The number of aromatic hydroxyl groups is 1. The van der Waals surface area contributed by atoms with E-state index in [2.05, 4.69) is 17.6 Å². The zero-order chi connectivity index (χ0) is 35.5. The summed E-state index contributed by atoms with van der Waals surface area (Å²) in [6, 6.07) is 4.33. The molecule has 1 aromatic carbocycles. The van der Waals surface area contributed by atoms with Crippen molar-refractivity contribution in [2.75, 3.05) is 6.61 Å². The minimum absolute atomic E-state index is 0.0148. The fraction of sp³-hybridized carbons (Fsp3) is 0.722. The van der Waals surface area contributed by atoms with Gasteiger partial charge in [0.15, 0.2) is 11.9 Å². The maximum absolute atomic E-state index is 13.4. The minimum Gasteiger partial charge on any atom is -0.508 e. The molecule has 3 N–H and O–H groups in total. The topological polar surface area (TPSA) is 168 Å². The Morgan fingerprint density at radius 2 is 1.71 bits per heavy atom. The monoisotopic (exact) mass is 688 g/mol. The molecule has 1 aliphatic carbocycles. The van der Waals surface area contributed by atoms with Crippen molar-refractivity contribution in [3.05, 3.63) is 29.8 Å². The van der Waals surface area contributed by atoms with Crippen LogP contribution in [0, 0.1) is 29.6 Å². The lowest BCUT2D eigenvalue weighted by atomic mass is 9.58. The third-order valence-corrected chi connectivity index (χ3v) is 10.5. The van der Waals surface area contributed by atoms with E-state index in [1.165, 1.54) is 12.1 Å². The molecule has 13 heteroatoms. The molecule has 5 aliphatic rings. The van der Waals surface area contributed by atoms with Crippen LogP contribution in [-0.2, 0) is 54.3 Å². The average Bonchev–Trinajstić information content (AvgIpc) is 3.28. The second-order valence-electron chi connectivity index (χ2n) is 14.7. The van der Waals surface area contributed by atoms with E-state index in [0.29, 0.717) is 24.3 Å². The lowest BCUT2D eigenvalue weighted by Crippen LogP contribution is -2.70. The number of hydrogen-bond donors (Lipinski definition) is 3. The number of amides is 2. The predicted octanol–water partition coefficient (Wildman–Crippen LogP) is 4.04. The number of phenols is 1. The molecule has 5 fully saturated rings. The number of fused-ring (bicyclic) bond motifs is 2. The lowest BCUT2D eigenvalue weighted by molar-refractivity contribution is -0.576. The van der Waals surface area contributed by atoms with Crippen LogP contribution >= 0.6 is 0 Å². The van der Waals surface area contributed by atoms with Crippen LogP contribution in [0.25, 0.3) is 0 Å². The van der Waals surface area contributed by atoms with Crippen molar-refractivity contribution in [3.63, 3.8) is 0 Å². The van der Waals surface area contributed by atoms with Gasteiger partial charge < -0.3 is 34.7 Å². The van der Waals surface area contributed by atoms with Gasteiger partial charge in [-0.15, -0.1) is 0 Å². The number of carbonyl (C=O) groups excluding carboxylic acids is 4. The number of ether oxygens (including phenoxy) is 4. The van der Waals surface area contributed by atoms with Crippen LogP contribution in [0.4, 0.5) is 0 Å². The summed E-state index contributed by atoms with van der Waals surface area (Å²) in [5.41, 5.74) is -0.0744. The largest absolute Gasteiger partial charge is 0.508 e. The van der Waals surface area contributed by atoms with Crippen molar-refractivity contribution in [2.45, 2.75) is 129 Å². The molecule has 1 spiro atoms. The van der Waals surface area contributed by atoms with Gasteiger partial charge in [0.2, 0.25) is 23.9 Å². The minimum atomic E-state index is -1.01. The first kappa shape index (κ1) is 37.0. The molecule has 13 nitrogen and oxygen atoms in total. The van der Waals surface area contributed by atoms with E-state index in [4.69, 9.17) is 28.7 Å². The van der Waals surface area contributed by atoms with Gasteiger partial charge in [0.25, 0.3) is 0 Å². The Labute approximate surface area is 288 Å². The molecule has 10 atom stereocenters. The highest BCUT2D eigenvalue weighted by molar-refractivity contribution is 5.91. The summed E-state index contributed by atoms with van der Waals surface area (Å²) >= 11 is 0. The van der Waals surface area contributed by atoms with Crippen molar-refractivity contribution in [1.29, 1.82) is 0 Å². The van der Waals surface area contributed by atoms with Crippen molar-refractivity contribution in [1.82, 2.24) is 10.6 Å². The van der Waals surface area contributed by atoms with Gasteiger partial charge in [0.1, 0.15) is 17.8 Å². The summed E-state index contributed by atoms with van der Waals surface area (Å²) in [6.07, 6.45) is 1.78. The molecular formula is C36H52N2O11. The van der Waals surface area contributed by atoms with E-state index in [9.17, 15) is 24.3 Å². The SMILES string of the molecule is CCOC(=O)[C@H](Cc1ccc(O)cc1)NC(=O)[C@H](CC(C)C)NC(=O)CCC(=O)O[C@@H]1O[C@H]2O[C@@]3(C)CC[C@H]4[C@H](C)CC[C@@H]([C@@H]1C)[C@@]24OO3. The van der Waals surface area contributed by atoms with Crippen molar-refractivity contribution < 1.29 is 53.0 Å². The molecule has 2 bridgehead atoms. The van der Waals surface area contributed by atoms with Crippen molar-refractivity contribution in [3.8, 4) is 5.75 Å². The third-order valence-electron chi connectivity index (χ3n) is 10.5. The van der Waals surface area contributed by atoms with E-state index in [1.54, 1.807) is 19.1 Å². The molecule has 6 rings (SSSR count). The van der Waals surface area contributed by atoms with Crippen LogP contribution in [0.1, 0.15) is 92.1 Å². The summed E-state index contributed by atoms with van der Waals surface area (Å²) < 4.78 is 23.7. The molecule has 49 heavy (non-hydrogen) atoms. The Kier molecular flexibility index (Phi) is 11.6. The highest BCUT2D eigenvalue weighted by Crippen LogP contribution is 2.60. The summed E-state index contributed by atoms with van der Waals surface area (Å²) in [4.78, 5) is 64.3. The van der Waals surface area contributed by atoms with Gasteiger partial charge in [-0.1, -0.05) is 39.8 Å². The Morgan fingerprint density at radius 3 is 2.41 bits per heavy atom.